The summed E-state index contributed by atoms with van der Waals surface area (Å²) in [5, 5.41) is 2.84. The molecule has 0 saturated heterocycles. The van der Waals surface area contributed by atoms with Gasteiger partial charge in [0.05, 0.1) is 12.5 Å². The number of amides is 1. The molecule has 1 amide bonds. The SMILES string of the molecule is N[C@@H](CC(=O)OCc1ccccc1)C(=O)NCCC1CCCCC1. The Morgan fingerprint density at radius 3 is 2.58 bits per heavy atom. The highest BCUT2D eigenvalue weighted by Crippen LogP contribution is 2.25. The summed E-state index contributed by atoms with van der Waals surface area (Å²) in [6.07, 6.45) is 7.34. The van der Waals surface area contributed by atoms with Crippen LogP contribution in [-0.4, -0.2) is 24.5 Å². The highest BCUT2D eigenvalue weighted by atomic mass is 16.5. The molecule has 1 aromatic carbocycles. The average molecular weight is 332 g/mol. The number of hydrogen-bond acceptors (Lipinski definition) is 4. The van der Waals surface area contributed by atoms with Crippen molar-refractivity contribution in [3.8, 4) is 0 Å². The van der Waals surface area contributed by atoms with Crippen LogP contribution in [-0.2, 0) is 20.9 Å². The summed E-state index contributed by atoms with van der Waals surface area (Å²) in [5.41, 5.74) is 6.71. The molecule has 24 heavy (non-hydrogen) atoms. The lowest BCUT2D eigenvalue weighted by atomic mass is 9.87. The van der Waals surface area contributed by atoms with Gasteiger partial charge < -0.3 is 15.8 Å². The highest BCUT2D eigenvalue weighted by molar-refractivity contribution is 5.86. The van der Waals surface area contributed by atoms with Gasteiger partial charge in [0.15, 0.2) is 0 Å². The average Bonchev–Trinajstić information content (AvgIpc) is 2.61. The zero-order valence-electron chi connectivity index (χ0n) is 14.2. The standard InChI is InChI=1S/C19H28N2O3/c20-17(13-18(22)24-14-16-9-5-2-6-10-16)19(23)21-12-11-15-7-3-1-4-8-15/h2,5-6,9-10,15,17H,1,3-4,7-8,11-14,20H2,(H,21,23)/t17-/m0/s1. The second-order valence-electron chi connectivity index (χ2n) is 6.54. The first kappa shape index (κ1) is 18.5. The number of ether oxygens (including phenoxy) is 1. The van der Waals surface area contributed by atoms with E-state index in [1.807, 2.05) is 30.3 Å². The van der Waals surface area contributed by atoms with E-state index in [-0.39, 0.29) is 18.9 Å². The van der Waals surface area contributed by atoms with Crippen LogP contribution >= 0.6 is 0 Å². The minimum Gasteiger partial charge on any atom is -0.461 e. The van der Waals surface area contributed by atoms with Gasteiger partial charge in [0, 0.05) is 6.54 Å². The predicted molar refractivity (Wildman–Crippen MR) is 93.0 cm³/mol. The molecule has 0 aliphatic heterocycles. The molecule has 3 N–H and O–H groups in total. The van der Waals surface area contributed by atoms with Crippen LogP contribution in [0.5, 0.6) is 0 Å². The fraction of sp³-hybridized carbons (Fsp3) is 0.579. The Hall–Kier alpha value is -1.88. The van der Waals surface area contributed by atoms with Gasteiger partial charge in [-0.05, 0) is 17.9 Å². The molecule has 5 heteroatoms. The summed E-state index contributed by atoms with van der Waals surface area (Å²) in [4.78, 5) is 23.7. The first-order chi connectivity index (χ1) is 11.6. The van der Waals surface area contributed by atoms with E-state index < -0.39 is 12.0 Å². The van der Waals surface area contributed by atoms with E-state index in [4.69, 9.17) is 10.5 Å². The predicted octanol–water partition coefficient (Wildman–Crippen LogP) is 2.53. The minimum atomic E-state index is -0.848. The minimum absolute atomic E-state index is 0.0951. The molecule has 132 valence electrons. The van der Waals surface area contributed by atoms with Crippen molar-refractivity contribution >= 4 is 11.9 Å². The second kappa shape index (κ2) is 10.1. The molecule has 0 radical (unpaired) electrons. The molecule has 1 saturated carbocycles. The number of esters is 1. The van der Waals surface area contributed by atoms with Gasteiger partial charge in [-0.1, -0.05) is 62.4 Å². The second-order valence-corrected chi connectivity index (χ2v) is 6.54. The lowest BCUT2D eigenvalue weighted by Gasteiger charge is -2.21. The van der Waals surface area contributed by atoms with Gasteiger partial charge in [0.25, 0.3) is 0 Å². The van der Waals surface area contributed by atoms with Crippen molar-refractivity contribution in [1.29, 1.82) is 0 Å². The molecule has 0 spiro atoms. The third-order valence-electron chi connectivity index (χ3n) is 4.54. The molecule has 1 atom stereocenters. The van der Waals surface area contributed by atoms with Crippen LogP contribution in [0.4, 0.5) is 0 Å². The molecule has 1 aliphatic carbocycles. The largest absolute Gasteiger partial charge is 0.461 e. The molecule has 1 fully saturated rings. The Labute approximate surface area is 143 Å². The summed E-state index contributed by atoms with van der Waals surface area (Å²) in [6, 6.07) is 8.58. The van der Waals surface area contributed by atoms with Crippen LogP contribution in [0.25, 0.3) is 0 Å². The maximum absolute atomic E-state index is 12.0. The van der Waals surface area contributed by atoms with E-state index in [0.29, 0.717) is 12.5 Å². The van der Waals surface area contributed by atoms with Crippen molar-refractivity contribution < 1.29 is 14.3 Å². The molecule has 1 aliphatic rings. The van der Waals surface area contributed by atoms with Gasteiger partial charge in [-0.2, -0.15) is 0 Å². The Morgan fingerprint density at radius 1 is 1.17 bits per heavy atom. The van der Waals surface area contributed by atoms with Gasteiger partial charge in [0.1, 0.15) is 6.61 Å². The number of rotatable bonds is 8. The maximum Gasteiger partial charge on any atom is 0.308 e. The van der Waals surface area contributed by atoms with Crippen LogP contribution in [0.3, 0.4) is 0 Å². The van der Waals surface area contributed by atoms with Crippen molar-refractivity contribution in [2.24, 2.45) is 11.7 Å². The van der Waals surface area contributed by atoms with E-state index in [1.54, 1.807) is 0 Å². The fourth-order valence-electron chi connectivity index (χ4n) is 3.08. The van der Waals surface area contributed by atoms with Crippen molar-refractivity contribution in [2.45, 2.75) is 57.6 Å². The molecule has 0 heterocycles. The first-order valence-electron chi connectivity index (χ1n) is 8.88. The number of nitrogens with one attached hydrogen (secondary N) is 1. The van der Waals surface area contributed by atoms with E-state index in [9.17, 15) is 9.59 Å². The molecule has 2 rings (SSSR count). The van der Waals surface area contributed by atoms with E-state index in [2.05, 4.69) is 5.32 Å². The molecule has 1 aromatic rings. The molecule has 5 nitrogen and oxygen atoms in total. The lowest BCUT2D eigenvalue weighted by Crippen LogP contribution is -2.42. The summed E-state index contributed by atoms with van der Waals surface area (Å²) in [5.74, 6) is -0.0117. The quantitative estimate of drug-likeness (QED) is 0.717. The fourth-order valence-corrected chi connectivity index (χ4v) is 3.08. The number of hydrogen-bond donors (Lipinski definition) is 2. The lowest BCUT2D eigenvalue weighted by molar-refractivity contribution is -0.146. The first-order valence-corrected chi connectivity index (χ1v) is 8.88. The van der Waals surface area contributed by atoms with Crippen molar-refractivity contribution in [3.63, 3.8) is 0 Å². The zero-order chi connectivity index (χ0) is 17.2. The molecule has 0 aromatic heterocycles. The molecule has 0 bridgehead atoms. The van der Waals surface area contributed by atoms with Crippen molar-refractivity contribution in [1.82, 2.24) is 5.32 Å². The number of carbonyl (C=O) groups excluding carboxylic acids is 2. The van der Waals surface area contributed by atoms with Gasteiger partial charge >= 0.3 is 5.97 Å². The summed E-state index contributed by atoms with van der Waals surface area (Å²) in [6.45, 7) is 0.839. The normalized spacial score (nSPS) is 16.4. The summed E-state index contributed by atoms with van der Waals surface area (Å²) >= 11 is 0. The monoisotopic (exact) mass is 332 g/mol. The molecule has 0 unspecified atom stereocenters. The van der Waals surface area contributed by atoms with E-state index in [1.165, 1.54) is 32.1 Å². The highest BCUT2D eigenvalue weighted by Gasteiger charge is 2.19. The third-order valence-corrected chi connectivity index (χ3v) is 4.54. The summed E-state index contributed by atoms with van der Waals surface area (Å²) in [7, 11) is 0. The van der Waals surface area contributed by atoms with E-state index >= 15 is 0 Å². The number of benzene rings is 1. The number of carbonyl (C=O) groups is 2. The Kier molecular flexibility index (Phi) is 7.75. The molecular formula is C19H28N2O3. The zero-order valence-corrected chi connectivity index (χ0v) is 14.2. The topological polar surface area (TPSA) is 81.4 Å². The van der Waals surface area contributed by atoms with Crippen molar-refractivity contribution in [2.75, 3.05) is 6.54 Å². The van der Waals surface area contributed by atoms with Crippen LogP contribution in [0.2, 0.25) is 0 Å². The molecular weight excluding hydrogens is 304 g/mol. The van der Waals surface area contributed by atoms with Crippen LogP contribution < -0.4 is 11.1 Å². The van der Waals surface area contributed by atoms with Gasteiger partial charge in [-0.15, -0.1) is 0 Å². The van der Waals surface area contributed by atoms with Gasteiger partial charge in [-0.3, -0.25) is 9.59 Å². The van der Waals surface area contributed by atoms with Crippen LogP contribution in [0.1, 0.15) is 50.5 Å². The van der Waals surface area contributed by atoms with Crippen LogP contribution in [0, 0.1) is 5.92 Å². The Bertz CT molecular complexity index is 513. The smallest absolute Gasteiger partial charge is 0.308 e. The number of nitrogens with two attached hydrogens (primary N) is 1. The summed E-state index contributed by atoms with van der Waals surface area (Å²) < 4.78 is 5.15. The van der Waals surface area contributed by atoms with Gasteiger partial charge in [0.2, 0.25) is 5.91 Å². The van der Waals surface area contributed by atoms with Gasteiger partial charge in [-0.25, -0.2) is 0 Å². The van der Waals surface area contributed by atoms with Crippen LogP contribution in [0.15, 0.2) is 30.3 Å². The van der Waals surface area contributed by atoms with E-state index in [0.717, 1.165) is 12.0 Å². The Morgan fingerprint density at radius 2 is 1.88 bits per heavy atom. The third kappa shape index (κ3) is 6.71. The Balaban J connectivity index is 1.60. The van der Waals surface area contributed by atoms with Crippen molar-refractivity contribution in [3.05, 3.63) is 35.9 Å². The maximum atomic E-state index is 12.0.